The maximum atomic E-state index is 12.9. The molecule has 21 heavy (non-hydrogen) atoms. The smallest absolute Gasteiger partial charge is 0.183 e. The molecule has 0 saturated heterocycles. The van der Waals surface area contributed by atoms with Gasteiger partial charge in [0.15, 0.2) is 11.6 Å². The average molecular weight is 284 g/mol. The third kappa shape index (κ3) is 2.07. The number of allylic oxidation sites excluding steroid dienone is 6. The van der Waals surface area contributed by atoms with E-state index in [0.29, 0.717) is 17.1 Å². The van der Waals surface area contributed by atoms with Gasteiger partial charge in [0.1, 0.15) is 0 Å². The van der Waals surface area contributed by atoms with E-state index in [1.807, 2.05) is 13.0 Å². The van der Waals surface area contributed by atoms with E-state index in [9.17, 15) is 9.59 Å². The Morgan fingerprint density at radius 1 is 1.29 bits per heavy atom. The first-order valence-electron chi connectivity index (χ1n) is 8.17. The number of carbonyl (C=O) groups is 2. The highest BCUT2D eigenvalue weighted by Gasteiger charge is 2.52. The van der Waals surface area contributed by atoms with Crippen LogP contribution in [0.25, 0.3) is 0 Å². The van der Waals surface area contributed by atoms with Gasteiger partial charge in [-0.3, -0.25) is 9.59 Å². The second-order valence-corrected chi connectivity index (χ2v) is 7.03. The van der Waals surface area contributed by atoms with Gasteiger partial charge < -0.3 is 0 Å². The summed E-state index contributed by atoms with van der Waals surface area (Å²) in [5, 5.41) is 0. The SMILES string of the molecule is CCC[C@H]1CCC2=CC=C3C(=O)C=C(C)C(=O)[C@@]3(C)[C@H]2C1. The third-order valence-electron chi connectivity index (χ3n) is 5.72. The second-order valence-electron chi connectivity index (χ2n) is 7.03. The normalized spacial score (nSPS) is 35.5. The average Bonchev–Trinajstić information content (AvgIpc) is 2.46. The number of carbonyl (C=O) groups excluding carboxylic acids is 2. The van der Waals surface area contributed by atoms with E-state index >= 15 is 0 Å². The molecule has 112 valence electrons. The first-order valence-corrected chi connectivity index (χ1v) is 8.17. The lowest BCUT2D eigenvalue weighted by Gasteiger charge is -2.47. The van der Waals surface area contributed by atoms with Crippen LogP contribution in [0, 0.1) is 17.3 Å². The molecule has 3 rings (SSSR count). The van der Waals surface area contributed by atoms with Crippen LogP contribution in [-0.4, -0.2) is 11.6 Å². The minimum absolute atomic E-state index is 0.0301. The number of hydrogen-bond acceptors (Lipinski definition) is 2. The number of fused-ring (bicyclic) bond motifs is 3. The first-order chi connectivity index (χ1) is 9.98. The summed E-state index contributed by atoms with van der Waals surface area (Å²) in [5.41, 5.74) is 2.10. The van der Waals surface area contributed by atoms with Crippen LogP contribution in [0.5, 0.6) is 0 Å². The lowest BCUT2D eigenvalue weighted by Crippen LogP contribution is -2.47. The first kappa shape index (κ1) is 14.5. The van der Waals surface area contributed by atoms with Gasteiger partial charge in [-0.1, -0.05) is 37.5 Å². The Morgan fingerprint density at radius 2 is 2.05 bits per heavy atom. The van der Waals surface area contributed by atoms with Gasteiger partial charge in [-0.25, -0.2) is 0 Å². The van der Waals surface area contributed by atoms with Gasteiger partial charge in [0.2, 0.25) is 0 Å². The number of hydrogen-bond donors (Lipinski definition) is 0. The van der Waals surface area contributed by atoms with Crippen molar-refractivity contribution >= 4 is 11.6 Å². The molecule has 0 amide bonds. The lowest BCUT2D eigenvalue weighted by molar-refractivity contribution is -0.128. The van der Waals surface area contributed by atoms with E-state index in [0.717, 1.165) is 12.8 Å². The van der Waals surface area contributed by atoms with Crippen LogP contribution in [0.15, 0.2) is 34.9 Å². The molecule has 3 aliphatic carbocycles. The quantitative estimate of drug-likeness (QED) is 0.762. The molecule has 0 spiro atoms. The van der Waals surface area contributed by atoms with E-state index < -0.39 is 5.41 Å². The molecule has 0 bridgehead atoms. The van der Waals surface area contributed by atoms with Crippen molar-refractivity contribution in [2.75, 3.05) is 0 Å². The highest BCUT2D eigenvalue weighted by molar-refractivity contribution is 6.20. The standard InChI is InChI=1S/C19H24O2/c1-4-5-13-6-7-14-8-9-15-17(20)10-12(2)18(21)19(15,3)16(14)11-13/h8-10,13,16H,4-7,11H2,1-3H3/t13-,16-,19+/m0/s1. The molecule has 2 nitrogen and oxygen atoms in total. The summed E-state index contributed by atoms with van der Waals surface area (Å²) < 4.78 is 0. The molecule has 0 heterocycles. The Labute approximate surface area is 127 Å². The summed E-state index contributed by atoms with van der Waals surface area (Å²) in [6.07, 6.45) is 11.3. The molecule has 0 aliphatic heterocycles. The van der Waals surface area contributed by atoms with Gasteiger partial charge in [-0.05, 0) is 56.6 Å². The van der Waals surface area contributed by atoms with Gasteiger partial charge in [-0.2, -0.15) is 0 Å². The van der Waals surface area contributed by atoms with Gasteiger partial charge in [0, 0.05) is 5.57 Å². The van der Waals surface area contributed by atoms with Crippen molar-refractivity contribution in [2.24, 2.45) is 17.3 Å². The van der Waals surface area contributed by atoms with Gasteiger partial charge in [0.05, 0.1) is 5.41 Å². The van der Waals surface area contributed by atoms with Crippen molar-refractivity contribution < 1.29 is 9.59 Å². The molecule has 0 radical (unpaired) electrons. The summed E-state index contributed by atoms with van der Waals surface area (Å²) in [4.78, 5) is 25.2. The zero-order chi connectivity index (χ0) is 15.2. The fourth-order valence-corrected chi connectivity index (χ4v) is 4.54. The summed E-state index contributed by atoms with van der Waals surface area (Å²) >= 11 is 0. The second kappa shape index (κ2) is 5.08. The molecule has 0 aromatic heterocycles. The van der Waals surface area contributed by atoms with Crippen molar-refractivity contribution in [2.45, 2.75) is 52.9 Å². The zero-order valence-corrected chi connectivity index (χ0v) is 13.2. The minimum atomic E-state index is -0.619. The van der Waals surface area contributed by atoms with Crippen molar-refractivity contribution in [3.63, 3.8) is 0 Å². The Morgan fingerprint density at radius 3 is 2.76 bits per heavy atom. The molecule has 1 saturated carbocycles. The third-order valence-corrected chi connectivity index (χ3v) is 5.72. The molecule has 0 N–H and O–H groups in total. The van der Waals surface area contributed by atoms with E-state index in [1.54, 1.807) is 6.92 Å². The molecule has 1 fully saturated rings. The Hall–Kier alpha value is -1.44. The van der Waals surface area contributed by atoms with E-state index in [1.165, 1.54) is 30.9 Å². The number of rotatable bonds is 2. The van der Waals surface area contributed by atoms with Crippen molar-refractivity contribution in [1.29, 1.82) is 0 Å². The highest BCUT2D eigenvalue weighted by Crippen LogP contribution is 2.53. The summed E-state index contributed by atoms with van der Waals surface area (Å²) in [6, 6.07) is 0. The zero-order valence-electron chi connectivity index (χ0n) is 13.2. The highest BCUT2D eigenvalue weighted by atomic mass is 16.1. The van der Waals surface area contributed by atoms with Crippen LogP contribution in [0.2, 0.25) is 0 Å². The molecule has 2 heteroatoms. The van der Waals surface area contributed by atoms with Crippen LogP contribution >= 0.6 is 0 Å². The lowest BCUT2D eigenvalue weighted by atomic mass is 9.55. The molecule has 3 aliphatic rings. The van der Waals surface area contributed by atoms with E-state index in [-0.39, 0.29) is 17.5 Å². The van der Waals surface area contributed by atoms with Crippen LogP contribution in [0.3, 0.4) is 0 Å². The molecule has 0 aromatic carbocycles. The van der Waals surface area contributed by atoms with Crippen LogP contribution < -0.4 is 0 Å². The fraction of sp³-hybridized carbons (Fsp3) is 0.579. The number of Topliss-reactive ketones (excluding diaryl/α,β-unsaturated/α-hetero) is 1. The predicted molar refractivity (Wildman–Crippen MR) is 83.8 cm³/mol. The van der Waals surface area contributed by atoms with Crippen LogP contribution in [0.4, 0.5) is 0 Å². The monoisotopic (exact) mass is 284 g/mol. The fourth-order valence-electron chi connectivity index (χ4n) is 4.54. The largest absolute Gasteiger partial charge is 0.294 e. The van der Waals surface area contributed by atoms with E-state index in [4.69, 9.17) is 0 Å². The Bertz CT molecular complexity index is 591. The van der Waals surface area contributed by atoms with Crippen LogP contribution in [-0.2, 0) is 9.59 Å². The van der Waals surface area contributed by atoms with Crippen molar-refractivity contribution in [3.05, 3.63) is 34.9 Å². The molecular formula is C19H24O2. The molecular weight excluding hydrogens is 260 g/mol. The van der Waals surface area contributed by atoms with E-state index in [2.05, 4.69) is 13.0 Å². The molecule has 3 atom stereocenters. The van der Waals surface area contributed by atoms with Gasteiger partial charge >= 0.3 is 0 Å². The summed E-state index contributed by atoms with van der Waals surface area (Å²) in [6.45, 7) is 6.01. The summed E-state index contributed by atoms with van der Waals surface area (Å²) in [7, 11) is 0. The summed E-state index contributed by atoms with van der Waals surface area (Å²) in [5.74, 6) is 1.11. The minimum Gasteiger partial charge on any atom is -0.294 e. The van der Waals surface area contributed by atoms with Gasteiger partial charge in [-0.15, -0.1) is 0 Å². The predicted octanol–water partition coefficient (Wildman–Crippen LogP) is 4.17. The number of ketones is 2. The van der Waals surface area contributed by atoms with Gasteiger partial charge in [0.25, 0.3) is 0 Å². The van der Waals surface area contributed by atoms with Crippen LogP contribution in [0.1, 0.15) is 52.9 Å². The Kier molecular flexibility index (Phi) is 3.51. The molecule has 0 aromatic rings. The maximum Gasteiger partial charge on any atom is 0.183 e. The maximum absolute atomic E-state index is 12.9. The van der Waals surface area contributed by atoms with Crippen molar-refractivity contribution in [1.82, 2.24) is 0 Å². The Balaban J connectivity index is 2.03. The molecule has 0 unspecified atom stereocenters. The van der Waals surface area contributed by atoms with Crippen molar-refractivity contribution in [3.8, 4) is 0 Å². The topological polar surface area (TPSA) is 34.1 Å².